The van der Waals surface area contributed by atoms with Crippen LogP contribution in [0.5, 0.6) is 5.75 Å². The van der Waals surface area contributed by atoms with Gasteiger partial charge in [-0.2, -0.15) is 4.31 Å². The third-order valence-electron chi connectivity index (χ3n) is 7.29. The normalized spacial score (nSPS) is 19.3. The number of ether oxygens (including phenoxy) is 1. The van der Waals surface area contributed by atoms with E-state index in [2.05, 4.69) is 22.3 Å². The zero-order chi connectivity index (χ0) is 24.8. The van der Waals surface area contributed by atoms with Crippen molar-refractivity contribution in [1.29, 1.82) is 0 Å². The molecule has 2 aliphatic heterocycles. The first-order valence-electron chi connectivity index (χ1n) is 12.6. The molecule has 1 amide bonds. The Kier molecular flexibility index (Phi) is 8.46. The van der Waals surface area contributed by atoms with Crippen molar-refractivity contribution in [1.82, 2.24) is 14.5 Å². The van der Waals surface area contributed by atoms with E-state index in [9.17, 15) is 13.2 Å². The molecule has 2 aliphatic rings. The predicted octanol–water partition coefficient (Wildman–Crippen LogP) is 3.75. The molecule has 35 heavy (non-hydrogen) atoms. The fraction of sp³-hybridized carbons (Fsp3) is 0.519. The molecule has 4 rings (SSSR count). The van der Waals surface area contributed by atoms with Crippen LogP contribution in [0.25, 0.3) is 0 Å². The lowest BCUT2D eigenvalue weighted by molar-refractivity contribution is -0.126. The molecule has 0 saturated carbocycles. The largest absolute Gasteiger partial charge is 0.497 e. The van der Waals surface area contributed by atoms with Gasteiger partial charge in [0, 0.05) is 25.6 Å². The molecule has 0 radical (unpaired) electrons. The maximum Gasteiger partial charge on any atom is 0.243 e. The van der Waals surface area contributed by atoms with Gasteiger partial charge in [-0.05, 0) is 75.5 Å². The number of benzene rings is 2. The summed E-state index contributed by atoms with van der Waals surface area (Å²) in [4.78, 5) is 15.8. The highest BCUT2D eigenvalue weighted by Crippen LogP contribution is 2.27. The van der Waals surface area contributed by atoms with E-state index in [0.29, 0.717) is 37.4 Å². The van der Waals surface area contributed by atoms with Gasteiger partial charge in [0.1, 0.15) is 5.75 Å². The van der Waals surface area contributed by atoms with Gasteiger partial charge in [0.25, 0.3) is 0 Å². The van der Waals surface area contributed by atoms with Crippen molar-refractivity contribution < 1.29 is 17.9 Å². The molecule has 2 heterocycles. The average molecular weight is 500 g/mol. The standard InChI is InChI=1S/C27H37N3O4S/c1-21-6-12-25(13-7-21)35(32,33)30-18-14-23(15-19-30)27(31)28-20-26(29-16-4-3-5-17-29)22-8-10-24(34-2)11-9-22/h6-13,23,26H,3-5,14-20H2,1-2H3,(H,28,31)/t26-/m0/s1. The number of carbonyl (C=O) groups excluding carboxylic acids is 1. The minimum absolute atomic E-state index is 0.0212. The Labute approximate surface area is 209 Å². The fourth-order valence-electron chi connectivity index (χ4n) is 5.07. The van der Waals surface area contributed by atoms with Crippen LogP contribution in [0.4, 0.5) is 0 Å². The van der Waals surface area contributed by atoms with Crippen molar-refractivity contribution in [3.05, 3.63) is 59.7 Å². The summed E-state index contributed by atoms with van der Waals surface area (Å²) in [6, 6.07) is 15.2. The van der Waals surface area contributed by atoms with Gasteiger partial charge in [-0.15, -0.1) is 0 Å². The summed E-state index contributed by atoms with van der Waals surface area (Å²) in [6.45, 7) is 5.27. The summed E-state index contributed by atoms with van der Waals surface area (Å²) in [5.74, 6) is 0.674. The van der Waals surface area contributed by atoms with E-state index in [4.69, 9.17) is 4.74 Å². The SMILES string of the molecule is COc1ccc([C@H](CNC(=O)C2CCN(S(=O)(=O)c3ccc(C)cc3)CC2)N2CCCCC2)cc1. The Bertz CT molecular complexity index is 1070. The average Bonchev–Trinajstić information content (AvgIpc) is 2.90. The second kappa shape index (κ2) is 11.5. The summed E-state index contributed by atoms with van der Waals surface area (Å²) in [5, 5.41) is 3.19. The summed E-state index contributed by atoms with van der Waals surface area (Å²) >= 11 is 0. The zero-order valence-electron chi connectivity index (χ0n) is 20.8. The maximum atomic E-state index is 13.1. The van der Waals surface area contributed by atoms with Crippen molar-refractivity contribution in [2.24, 2.45) is 5.92 Å². The third kappa shape index (κ3) is 6.23. The highest BCUT2D eigenvalue weighted by Gasteiger charge is 2.32. The van der Waals surface area contributed by atoms with Crippen LogP contribution in [0.15, 0.2) is 53.4 Å². The number of aryl methyl sites for hydroxylation is 1. The minimum atomic E-state index is -3.53. The van der Waals surface area contributed by atoms with E-state index >= 15 is 0 Å². The first-order chi connectivity index (χ1) is 16.9. The Morgan fingerprint density at radius 1 is 0.971 bits per heavy atom. The lowest BCUT2D eigenvalue weighted by Gasteiger charge is -2.36. The molecule has 0 aromatic heterocycles. The Hall–Kier alpha value is -2.42. The van der Waals surface area contributed by atoms with E-state index in [-0.39, 0.29) is 17.9 Å². The second-order valence-corrected chi connectivity index (χ2v) is 11.6. The topological polar surface area (TPSA) is 79.0 Å². The monoisotopic (exact) mass is 499 g/mol. The van der Waals surface area contributed by atoms with Crippen LogP contribution in [0, 0.1) is 12.8 Å². The Morgan fingerprint density at radius 2 is 1.60 bits per heavy atom. The number of hydrogen-bond acceptors (Lipinski definition) is 5. The molecule has 0 unspecified atom stereocenters. The van der Waals surface area contributed by atoms with Crippen molar-refractivity contribution in [3.8, 4) is 5.75 Å². The van der Waals surface area contributed by atoms with Gasteiger partial charge in [-0.3, -0.25) is 9.69 Å². The Morgan fingerprint density at radius 3 is 2.20 bits per heavy atom. The van der Waals surface area contributed by atoms with Gasteiger partial charge in [0.05, 0.1) is 18.0 Å². The quantitative estimate of drug-likeness (QED) is 0.599. The molecule has 0 aliphatic carbocycles. The highest BCUT2D eigenvalue weighted by molar-refractivity contribution is 7.89. The summed E-state index contributed by atoms with van der Waals surface area (Å²) in [7, 11) is -1.86. The van der Waals surface area contributed by atoms with Gasteiger partial charge in [0.2, 0.25) is 15.9 Å². The molecule has 0 spiro atoms. The molecule has 1 N–H and O–H groups in total. The van der Waals surface area contributed by atoms with Crippen molar-refractivity contribution >= 4 is 15.9 Å². The number of amides is 1. The molecule has 1 atom stereocenters. The highest BCUT2D eigenvalue weighted by atomic mass is 32.2. The lowest BCUT2D eigenvalue weighted by atomic mass is 9.96. The van der Waals surface area contributed by atoms with E-state index in [1.807, 2.05) is 31.2 Å². The van der Waals surface area contributed by atoms with Gasteiger partial charge in [-0.1, -0.05) is 36.2 Å². The maximum absolute atomic E-state index is 13.1. The Balaban J connectivity index is 1.35. The smallest absolute Gasteiger partial charge is 0.243 e. The van der Waals surface area contributed by atoms with Crippen LogP contribution in [0.1, 0.15) is 49.3 Å². The number of piperidine rings is 2. The molecule has 2 fully saturated rings. The van der Waals surface area contributed by atoms with Crippen LogP contribution in [0.3, 0.4) is 0 Å². The van der Waals surface area contributed by atoms with E-state index in [0.717, 1.165) is 24.4 Å². The van der Waals surface area contributed by atoms with Gasteiger partial charge >= 0.3 is 0 Å². The first kappa shape index (κ1) is 25.7. The number of sulfonamides is 1. The van der Waals surface area contributed by atoms with Gasteiger partial charge in [-0.25, -0.2) is 8.42 Å². The molecule has 2 saturated heterocycles. The molecular formula is C27H37N3O4S. The van der Waals surface area contributed by atoms with Crippen molar-refractivity contribution in [3.63, 3.8) is 0 Å². The van der Waals surface area contributed by atoms with Gasteiger partial charge < -0.3 is 10.1 Å². The molecule has 8 heteroatoms. The van der Waals surface area contributed by atoms with Crippen LogP contribution in [-0.2, 0) is 14.8 Å². The van der Waals surface area contributed by atoms with E-state index < -0.39 is 10.0 Å². The number of methoxy groups -OCH3 is 1. The number of nitrogens with one attached hydrogen (secondary N) is 1. The number of rotatable bonds is 8. The molecule has 2 aromatic rings. The molecule has 190 valence electrons. The van der Waals surface area contributed by atoms with Crippen LogP contribution >= 0.6 is 0 Å². The number of hydrogen-bond donors (Lipinski definition) is 1. The van der Waals surface area contributed by atoms with Crippen molar-refractivity contribution in [2.75, 3.05) is 39.8 Å². The van der Waals surface area contributed by atoms with Gasteiger partial charge in [0.15, 0.2) is 0 Å². The first-order valence-corrected chi connectivity index (χ1v) is 14.0. The van der Waals surface area contributed by atoms with Crippen LogP contribution in [-0.4, -0.2) is 63.4 Å². The van der Waals surface area contributed by atoms with Crippen LogP contribution < -0.4 is 10.1 Å². The second-order valence-electron chi connectivity index (χ2n) is 9.62. The number of carbonyl (C=O) groups is 1. The predicted molar refractivity (Wildman–Crippen MR) is 137 cm³/mol. The molecular weight excluding hydrogens is 462 g/mol. The molecule has 0 bridgehead atoms. The summed E-state index contributed by atoms with van der Waals surface area (Å²) in [6.07, 6.45) is 4.67. The number of likely N-dealkylation sites (tertiary alicyclic amines) is 1. The van der Waals surface area contributed by atoms with E-state index in [1.165, 1.54) is 29.1 Å². The zero-order valence-corrected chi connectivity index (χ0v) is 21.6. The fourth-order valence-corrected chi connectivity index (χ4v) is 6.54. The number of nitrogens with zero attached hydrogens (tertiary/aromatic N) is 2. The molecule has 2 aromatic carbocycles. The minimum Gasteiger partial charge on any atom is -0.497 e. The molecule has 7 nitrogen and oxygen atoms in total. The van der Waals surface area contributed by atoms with Crippen molar-refractivity contribution in [2.45, 2.75) is 50.0 Å². The summed E-state index contributed by atoms with van der Waals surface area (Å²) in [5.41, 5.74) is 2.20. The third-order valence-corrected chi connectivity index (χ3v) is 9.20. The van der Waals surface area contributed by atoms with E-state index in [1.54, 1.807) is 19.2 Å². The van der Waals surface area contributed by atoms with Crippen LogP contribution in [0.2, 0.25) is 0 Å². The lowest BCUT2D eigenvalue weighted by Crippen LogP contribution is -2.45. The summed E-state index contributed by atoms with van der Waals surface area (Å²) < 4.78 is 32.8.